The summed E-state index contributed by atoms with van der Waals surface area (Å²) in [7, 11) is 4.07. The fraction of sp³-hybridized carbons (Fsp3) is 0.350. The molecule has 0 N–H and O–H groups in total. The molecule has 0 amide bonds. The molecule has 0 spiro atoms. The minimum absolute atomic E-state index is 0.157. The lowest BCUT2D eigenvalue weighted by atomic mass is 10.0. The van der Waals surface area contributed by atoms with Gasteiger partial charge in [0.2, 0.25) is 0 Å². The Hall–Kier alpha value is -1.97. The van der Waals surface area contributed by atoms with Crippen molar-refractivity contribution in [3.63, 3.8) is 0 Å². The predicted octanol–water partition coefficient (Wildman–Crippen LogP) is 3.23. The van der Waals surface area contributed by atoms with E-state index in [2.05, 4.69) is 4.90 Å². The molecule has 0 aliphatic heterocycles. The van der Waals surface area contributed by atoms with Crippen molar-refractivity contribution in [2.75, 3.05) is 33.9 Å². The van der Waals surface area contributed by atoms with Crippen molar-refractivity contribution < 1.29 is 9.53 Å². The number of carbonyl (C=O) groups is 1. The number of ketones is 1. The van der Waals surface area contributed by atoms with Gasteiger partial charge in [-0.1, -0.05) is 54.6 Å². The summed E-state index contributed by atoms with van der Waals surface area (Å²) in [5.41, 5.74) is 3.02. The molecule has 2 rings (SSSR count). The van der Waals surface area contributed by atoms with Crippen LogP contribution in [0.4, 0.5) is 0 Å². The predicted molar refractivity (Wildman–Crippen MR) is 94.0 cm³/mol. The number of ether oxygens (including phenoxy) is 1. The van der Waals surface area contributed by atoms with Crippen molar-refractivity contribution in [3.05, 3.63) is 71.3 Å². The Morgan fingerprint density at radius 3 is 2.26 bits per heavy atom. The van der Waals surface area contributed by atoms with Crippen molar-refractivity contribution in [2.24, 2.45) is 0 Å². The first-order valence-electron chi connectivity index (χ1n) is 8.03. The SMILES string of the molecule is CN(C)CCOCCc1ccc(C(=O)Cc2ccccc2)cc1. The van der Waals surface area contributed by atoms with Crippen LogP contribution in [-0.4, -0.2) is 44.5 Å². The van der Waals surface area contributed by atoms with Crippen molar-refractivity contribution in [1.82, 2.24) is 4.90 Å². The third kappa shape index (κ3) is 6.35. The molecule has 0 fully saturated rings. The first-order valence-corrected chi connectivity index (χ1v) is 8.03. The summed E-state index contributed by atoms with van der Waals surface area (Å²) in [6.45, 7) is 2.40. The Bertz CT molecular complexity index is 591. The Morgan fingerprint density at radius 1 is 0.913 bits per heavy atom. The van der Waals surface area contributed by atoms with Crippen LogP contribution in [0.3, 0.4) is 0 Å². The van der Waals surface area contributed by atoms with Gasteiger partial charge in [0.25, 0.3) is 0 Å². The molecular weight excluding hydrogens is 286 g/mol. The second-order valence-corrected chi connectivity index (χ2v) is 5.95. The van der Waals surface area contributed by atoms with Gasteiger partial charge in [-0.05, 0) is 31.6 Å². The number of nitrogens with zero attached hydrogens (tertiary/aromatic N) is 1. The van der Waals surface area contributed by atoms with Gasteiger partial charge in [-0.25, -0.2) is 0 Å². The maximum Gasteiger partial charge on any atom is 0.167 e. The molecule has 3 nitrogen and oxygen atoms in total. The smallest absolute Gasteiger partial charge is 0.167 e. The highest BCUT2D eigenvalue weighted by Crippen LogP contribution is 2.10. The maximum atomic E-state index is 12.3. The molecule has 0 saturated carbocycles. The van der Waals surface area contributed by atoms with Crippen LogP contribution in [0.25, 0.3) is 0 Å². The molecule has 0 aliphatic rings. The van der Waals surface area contributed by atoms with E-state index in [0.29, 0.717) is 13.0 Å². The highest BCUT2D eigenvalue weighted by atomic mass is 16.5. The number of likely N-dealkylation sites (N-methyl/N-ethyl adjacent to an activating group) is 1. The fourth-order valence-corrected chi connectivity index (χ4v) is 2.28. The standard InChI is InChI=1S/C20H25NO2/c1-21(2)13-15-23-14-12-17-8-10-19(11-9-17)20(22)16-18-6-4-3-5-7-18/h3-11H,12-16H2,1-2H3. The maximum absolute atomic E-state index is 12.3. The van der Waals surface area contributed by atoms with Crippen molar-refractivity contribution >= 4 is 5.78 Å². The Morgan fingerprint density at radius 2 is 1.61 bits per heavy atom. The van der Waals surface area contributed by atoms with Gasteiger partial charge in [0.15, 0.2) is 5.78 Å². The molecule has 0 aromatic heterocycles. The van der Waals surface area contributed by atoms with E-state index < -0.39 is 0 Å². The van der Waals surface area contributed by atoms with Crippen molar-refractivity contribution in [1.29, 1.82) is 0 Å². The van der Waals surface area contributed by atoms with E-state index in [1.54, 1.807) is 0 Å². The molecule has 0 saturated heterocycles. The van der Waals surface area contributed by atoms with Crippen LogP contribution in [0.1, 0.15) is 21.5 Å². The topological polar surface area (TPSA) is 29.5 Å². The lowest BCUT2D eigenvalue weighted by molar-refractivity contribution is 0.0993. The Labute approximate surface area is 138 Å². The van der Waals surface area contributed by atoms with Gasteiger partial charge in [-0.3, -0.25) is 4.79 Å². The second kappa shape index (κ2) is 9.23. The van der Waals surface area contributed by atoms with Crippen LogP contribution < -0.4 is 0 Å². The zero-order valence-corrected chi connectivity index (χ0v) is 14.0. The number of benzene rings is 2. The Kier molecular flexibility index (Phi) is 6.98. The molecule has 2 aromatic rings. The molecule has 2 aromatic carbocycles. The van der Waals surface area contributed by atoms with Gasteiger partial charge in [-0.15, -0.1) is 0 Å². The second-order valence-electron chi connectivity index (χ2n) is 5.95. The highest BCUT2D eigenvalue weighted by Gasteiger charge is 2.06. The quantitative estimate of drug-likeness (QED) is 0.526. The molecular formula is C20H25NO2. The van der Waals surface area contributed by atoms with Crippen LogP contribution in [0.5, 0.6) is 0 Å². The van der Waals surface area contributed by atoms with E-state index in [-0.39, 0.29) is 5.78 Å². The fourth-order valence-electron chi connectivity index (χ4n) is 2.28. The van der Waals surface area contributed by atoms with Crippen LogP contribution in [0.2, 0.25) is 0 Å². The largest absolute Gasteiger partial charge is 0.380 e. The van der Waals surface area contributed by atoms with E-state index in [9.17, 15) is 4.79 Å². The lowest BCUT2D eigenvalue weighted by Gasteiger charge is -2.10. The van der Waals surface area contributed by atoms with Crippen LogP contribution >= 0.6 is 0 Å². The van der Waals surface area contributed by atoms with Crippen LogP contribution in [0, 0.1) is 0 Å². The van der Waals surface area contributed by atoms with Crippen LogP contribution in [-0.2, 0) is 17.6 Å². The molecule has 0 bridgehead atoms. The number of rotatable bonds is 9. The molecule has 0 aliphatic carbocycles. The molecule has 0 unspecified atom stereocenters. The van der Waals surface area contributed by atoms with E-state index >= 15 is 0 Å². The van der Waals surface area contributed by atoms with Crippen LogP contribution in [0.15, 0.2) is 54.6 Å². The summed E-state index contributed by atoms with van der Waals surface area (Å²) in [6, 6.07) is 17.7. The first-order chi connectivity index (χ1) is 11.1. The Balaban J connectivity index is 1.78. The summed E-state index contributed by atoms with van der Waals surface area (Å²) in [5, 5.41) is 0. The van der Waals surface area contributed by atoms with Gasteiger partial charge in [0.05, 0.1) is 13.2 Å². The zero-order chi connectivity index (χ0) is 16.5. The average molecular weight is 311 g/mol. The van der Waals surface area contributed by atoms with Gasteiger partial charge >= 0.3 is 0 Å². The third-order valence-corrected chi connectivity index (χ3v) is 3.70. The van der Waals surface area contributed by atoms with Gasteiger partial charge in [-0.2, -0.15) is 0 Å². The molecule has 23 heavy (non-hydrogen) atoms. The van der Waals surface area contributed by atoms with E-state index in [1.807, 2.05) is 68.7 Å². The molecule has 0 radical (unpaired) electrons. The minimum atomic E-state index is 0.157. The first kappa shape index (κ1) is 17.4. The lowest BCUT2D eigenvalue weighted by Crippen LogP contribution is -2.18. The number of hydrogen-bond donors (Lipinski definition) is 0. The summed E-state index contributed by atoms with van der Waals surface area (Å²) in [5.74, 6) is 0.157. The zero-order valence-electron chi connectivity index (χ0n) is 14.0. The third-order valence-electron chi connectivity index (χ3n) is 3.70. The summed E-state index contributed by atoms with van der Waals surface area (Å²) in [4.78, 5) is 14.4. The van der Waals surface area contributed by atoms with E-state index in [0.717, 1.165) is 30.7 Å². The number of carbonyl (C=O) groups excluding carboxylic acids is 1. The summed E-state index contributed by atoms with van der Waals surface area (Å²) in [6.07, 6.45) is 1.33. The van der Waals surface area contributed by atoms with Gasteiger partial charge < -0.3 is 9.64 Å². The van der Waals surface area contributed by atoms with E-state index in [4.69, 9.17) is 4.74 Å². The number of Topliss-reactive ketones (excluding diaryl/α,β-unsaturated/α-hetero) is 1. The van der Waals surface area contributed by atoms with Crippen molar-refractivity contribution in [3.8, 4) is 0 Å². The summed E-state index contributed by atoms with van der Waals surface area (Å²) >= 11 is 0. The molecule has 0 heterocycles. The van der Waals surface area contributed by atoms with Gasteiger partial charge in [0.1, 0.15) is 0 Å². The number of hydrogen-bond acceptors (Lipinski definition) is 3. The normalized spacial score (nSPS) is 10.9. The highest BCUT2D eigenvalue weighted by molar-refractivity contribution is 5.97. The average Bonchev–Trinajstić information content (AvgIpc) is 2.56. The van der Waals surface area contributed by atoms with Gasteiger partial charge in [0, 0.05) is 18.5 Å². The molecule has 0 atom stereocenters. The molecule has 122 valence electrons. The minimum Gasteiger partial charge on any atom is -0.380 e. The summed E-state index contributed by atoms with van der Waals surface area (Å²) < 4.78 is 5.60. The molecule has 3 heteroatoms. The van der Waals surface area contributed by atoms with E-state index in [1.165, 1.54) is 5.56 Å². The van der Waals surface area contributed by atoms with Crippen molar-refractivity contribution in [2.45, 2.75) is 12.8 Å². The monoisotopic (exact) mass is 311 g/mol.